The summed E-state index contributed by atoms with van der Waals surface area (Å²) in [6.07, 6.45) is 9.03. The van der Waals surface area contributed by atoms with Crippen molar-refractivity contribution in [2.45, 2.75) is 44.2 Å². The number of rotatable bonds is 4. The molecule has 2 aliphatic rings. The van der Waals surface area contributed by atoms with Crippen molar-refractivity contribution in [1.82, 2.24) is 15.1 Å². The van der Waals surface area contributed by atoms with Gasteiger partial charge in [-0.15, -0.1) is 0 Å². The van der Waals surface area contributed by atoms with Gasteiger partial charge in [-0.05, 0) is 49.8 Å². The lowest BCUT2D eigenvalue weighted by atomic mass is 9.89. The monoisotopic (exact) mass is 310 g/mol. The zero-order chi connectivity index (χ0) is 15.6. The van der Waals surface area contributed by atoms with Crippen molar-refractivity contribution in [1.29, 1.82) is 0 Å². The number of hydrogen-bond donors (Lipinski definition) is 2. The third-order valence-corrected chi connectivity index (χ3v) is 4.97. The summed E-state index contributed by atoms with van der Waals surface area (Å²) in [6, 6.07) is 10.9. The SMILES string of the molecule is O=C(CC1CC2CCC(C1)N2)Nc1ccccc1-n1cccn1. The third-order valence-electron chi connectivity index (χ3n) is 4.97. The third kappa shape index (κ3) is 3.15. The van der Waals surface area contributed by atoms with Crippen molar-refractivity contribution in [3.8, 4) is 5.69 Å². The summed E-state index contributed by atoms with van der Waals surface area (Å²) in [7, 11) is 0. The van der Waals surface area contributed by atoms with Gasteiger partial charge in [0, 0.05) is 30.9 Å². The Hall–Kier alpha value is -2.14. The molecule has 1 amide bonds. The molecule has 1 aromatic carbocycles. The van der Waals surface area contributed by atoms with E-state index in [0.717, 1.165) is 24.2 Å². The molecule has 3 heterocycles. The zero-order valence-electron chi connectivity index (χ0n) is 13.1. The first kappa shape index (κ1) is 14.5. The number of aromatic nitrogens is 2. The van der Waals surface area contributed by atoms with E-state index in [-0.39, 0.29) is 5.91 Å². The smallest absolute Gasteiger partial charge is 0.224 e. The summed E-state index contributed by atoms with van der Waals surface area (Å²) in [5.41, 5.74) is 1.72. The van der Waals surface area contributed by atoms with Crippen LogP contribution in [0.3, 0.4) is 0 Å². The first-order valence-electron chi connectivity index (χ1n) is 8.43. The largest absolute Gasteiger partial charge is 0.324 e. The fourth-order valence-corrected chi connectivity index (χ4v) is 4.00. The van der Waals surface area contributed by atoms with Crippen LogP contribution in [-0.4, -0.2) is 27.8 Å². The Morgan fingerprint density at radius 3 is 2.74 bits per heavy atom. The Morgan fingerprint density at radius 2 is 2.00 bits per heavy atom. The molecule has 0 spiro atoms. The van der Waals surface area contributed by atoms with E-state index in [2.05, 4.69) is 15.7 Å². The number of nitrogens with zero attached hydrogens (tertiary/aromatic N) is 2. The van der Waals surface area contributed by atoms with E-state index in [4.69, 9.17) is 0 Å². The quantitative estimate of drug-likeness (QED) is 0.913. The van der Waals surface area contributed by atoms with Crippen LogP contribution in [0.2, 0.25) is 0 Å². The van der Waals surface area contributed by atoms with E-state index in [1.165, 1.54) is 12.8 Å². The molecule has 0 saturated carbocycles. The molecule has 2 unspecified atom stereocenters. The second-order valence-corrected chi connectivity index (χ2v) is 6.70. The van der Waals surface area contributed by atoms with Crippen molar-refractivity contribution in [3.05, 3.63) is 42.7 Å². The van der Waals surface area contributed by atoms with Crippen LogP contribution >= 0.6 is 0 Å². The molecule has 2 bridgehead atoms. The predicted octanol–water partition coefficient (Wildman–Crippen LogP) is 2.73. The summed E-state index contributed by atoms with van der Waals surface area (Å²) in [5, 5.41) is 11.0. The van der Waals surface area contributed by atoms with Gasteiger partial charge in [-0.3, -0.25) is 4.79 Å². The molecular formula is C18H22N4O. The minimum Gasteiger partial charge on any atom is -0.324 e. The van der Waals surface area contributed by atoms with Crippen molar-refractivity contribution in [2.24, 2.45) is 5.92 Å². The number of benzene rings is 1. The van der Waals surface area contributed by atoms with E-state index in [0.29, 0.717) is 24.4 Å². The summed E-state index contributed by atoms with van der Waals surface area (Å²) >= 11 is 0. The minimum absolute atomic E-state index is 0.107. The van der Waals surface area contributed by atoms with Crippen molar-refractivity contribution >= 4 is 11.6 Å². The van der Waals surface area contributed by atoms with Crippen molar-refractivity contribution < 1.29 is 4.79 Å². The molecule has 5 nitrogen and oxygen atoms in total. The summed E-state index contributed by atoms with van der Waals surface area (Å²) in [4.78, 5) is 12.5. The topological polar surface area (TPSA) is 59.0 Å². The standard InChI is InChI=1S/C18H22N4O/c23-18(12-13-10-14-6-7-15(11-13)20-14)21-16-4-1-2-5-17(16)22-9-3-8-19-22/h1-5,8-9,13-15,20H,6-7,10-12H2,(H,21,23). The predicted molar refractivity (Wildman–Crippen MR) is 89.5 cm³/mol. The lowest BCUT2D eigenvalue weighted by molar-refractivity contribution is -0.117. The van der Waals surface area contributed by atoms with Crippen LogP contribution in [0.5, 0.6) is 0 Å². The molecule has 2 atom stereocenters. The Morgan fingerprint density at radius 1 is 1.22 bits per heavy atom. The van der Waals surface area contributed by atoms with E-state index < -0.39 is 0 Å². The summed E-state index contributed by atoms with van der Waals surface area (Å²) < 4.78 is 1.78. The molecule has 1 aromatic heterocycles. The zero-order valence-corrected chi connectivity index (χ0v) is 13.1. The molecule has 0 aliphatic carbocycles. The van der Waals surface area contributed by atoms with Gasteiger partial charge in [0.15, 0.2) is 0 Å². The van der Waals surface area contributed by atoms with Crippen LogP contribution in [-0.2, 0) is 4.79 Å². The Labute approximate surface area is 136 Å². The van der Waals surface area contributed by atoms with Gasteiger partial charge in [-0.25, -0.2) is 4.68 Å². The fraction of sp³-hybridized carbons (Fsp3) is 0.444. The summed E-state index contributed by atoms with van der Waals surface area (Å²) in [6.45, 7) is 0. The van der Waals surface area contributed by atoms with Crippen molar-refractivity contribution in [2.75, 3.05) is 5.32 Å². The number of amides is 1. The maximum absolute atomic E-state index is 12.5. The van der Waals surface area contributed by atoms with E-state index in [1.807, 2.05) is 36.5 Å². The molecule has 5 heteroatoms. The lowest BCUT2D eigenvalue weighted by Crippen LogP contribution is -2.39. The van der Waals surface area contributed by atoms with Crippen LogP contribution in [0.4, 0.5) is 5.69 Å². The Balaban J connectivity index is 1.43. The average Bonchev–Trinajstić information content (AvgIpc) is 3.18. The summed E-state index contributed by atoms with van der Waals surface area (Å²) in [5.74, 6) is 0.613. The van der Waals surface area contributed by atoms with Crippen LogP contribution in [0, 0.1) is 5.92 Å². The molecule has 2 saturated heterocycles. The maximum atomic E-state index is 12.5. The number of para-hydroxylation sites is 2. The second kappa shape index (κ2) is 6.16. The van der Waals surface area contributed by atoms with Gasteiger partial charge in [0.2, 0.25) is 5.91 Å². The van der Waals surface area contributed by atoms with Gasteiger partial charge in [0.25, 0.3) is 0 Å². The highest BCUT2D eigenvalue weighted by atomic mass is 16.1. The molecule has 2 aliphatic heterocycles. The van der Waals surface area contributed by atoms with Gasteiger partial charge < -0.3 is 10.6 Å². The van der Waals surface area contributed by atoms with Crippen LogP contribution in [0.15, 0.2) is 42.7 Å². The van der Waals surface area contributed by atoms with Crippen molar-refractivity contribution in [3.63, 3.8) is 0 Å². The first-order chi connectivity index (χ1) is 11.3. The van der Waals surface area contributed by atoms with Crippen LogP contribution in [0.25, 0.3) is 5.69 Å². The molecule has 2 N–H and O–H groups in total. The van der Waals surface area contributed by atoms with Crippen LogP contribution in [0.1, 0.15) is 32.1 Å². The molecule has 0 radical (unpaired) electrons. The average molecular weight is 310 g/mol. The minimum atomic E-state index is 0.107. The molecular weight excluding hydrogens is 288 g/mol. The maximum Gasteiger partial charge on any atom is 0.224 e. The molecule has 2 fully saturated rings. The molecule has 4 rings (SSSR count). The van der Waals surface area contributed by atoms with E-state index in [9.17, 15) is 4.79 Å². The Kier molecular flexibility index (Phi) is 3.87. The highest BCUT2D eigenvalue weighted by Crippen LogP contribution is 2.33. The lowest BCUT2D eigenvalue weighted by Gasteiger charge is -2.28. The number of nitrogens with one attached hydrogen (secondary N) is 2. The Bertz CT molecular complexity index is 670. The van der Waals surface area contributed by atoms with E-state index in [1.54, 1.807) is 10.9 Å². The highest BCUT2D eigenvalue weighted by molar-refractivity contribution is 5.92. The van der Waals surface area contributed by atoms with Gasteiger partial charge in [0.05, 0.1) is 11.4 Å². The van der Waals surface area contributed by atoms with E-state index >= 15 is 0 Å². The fourth-order valence-electron chi connectivity index (χ4n) is 4.00. The number of piperidine rings is 1. The number of hydrogen-bond acceptors (Lipinski definition) is 3. The number of anilines is 1. The highest BCUT2D eigenvalue weighted by Gasteiger charge is 2.34. The molecule has 23 heavy (non-hydrogen) atoms. The van der Waals surface area contributed by atoms with Gasteiger partial charge >= 0.3 is 0 Å². The van der Waals surface area contributed by atoms with Gasteiger partial charge in [-0.1, -0.05) is 12.1 Å². The number of carbonyl (C=O) groups is 1. The number of fused-ring (bicyclic) bond motifs is 2. The molecule has 120 valence electrons. The number of carbonyl (C=O) groups excluding carboxylic acids is 1. The first-order valence-corrected chi connectivity index (χ1v) is 8.43. The normalized spacial score (nSPS) is 26.2. The molecule has 2 aromatic rings. The van der Waals surface area contributed by atoms with Crippen LogP contribution < -0.4 is 10.6 Å². The second-order valence-electron chi connectivity index (χ2n) is 6.70. The van der Waals surface area contributed by atoms with Gasteiger partial charge in [-0.2, -0.15) is 5.10 Å². The van der Waals surface area contributed by atoms with Gasteiger partial charge in [0.1, 0.15) is 0 Å².